The monoisotopic (exact) mass is 487 g/mol. The summed E-state index contributed by atoms with van der Waals surface area (Å²) >= 11 is 1.53. The van der Waals surface area contributed by atoms with Crippen molar-refractivity contribution in [1.82, 2.24) is 16.1 Å². The van der Waals surface area contributed by atoms with Crippen LogP contribution in [0.3, 0.4) is 0 Å². The number of benzene rings is 2. The SMILES string of the molecule is O=C(/C=C/c1ccc(/C=C(/C(=O)NC2CC2)c2cccs2)cc1)NCc1ccc(C(=O)NO)cc1. The Balaban J connectivity index is 1.34. The molecule has 0 atom stereocenters. The Kier molecular flexibility index (Phi) is 7.87. The Labute approximate surface area is 207 Å². The van der Waals surface area contributed by atoms with Gasteiger partial charge in [0.1, 0.15) is 0 Å². The predicted octanol–water partition coefficient (Wildman–Crippen LogP) is 4.02. The summed E-state index contributed by atoms with van der Waals surface area (Å²) in [6.45, 7) is 0.308. The number of carbonyl (C=O) groups excluding carboxylic acids is 3. The quantitative estimate of drug-likeness (QED) is 0.208. The van der Waals surface area contributed by atoms with Crippen molar-refractivity contribution in [2.45, 2.75) is 25.4 Å². The highest BCUT2D eigenvalue weighted by atomic mass is 32.1. The predicted molar refractivity (Wildman–Crippen MR) is 136 cm³/mol. The fourth-order valence-corrected chi connectivity index (χ4v) is 4.04. The molecule has 0 spiro atoms. The van der Waals surface area contributed by atoms with Crippen molar-refractivity contribution in [1.29, 1.82) is 0 Å². The molecule has 1 aliphatic rings. The van der Waals surface area contributed by atoms with Crippen LogP contribution in [0.15, 0.2) is 72.1 Å². The Morgan fingerprint density at radius 1 is 0.971 bits per heavy atom. The van der Waals surface area contributed by atoms with Crippen molar-refractivity contribution in [3.8, 4) is 0 Å². The molecule has 0 aliphatic heterocycles. The van der Waals surface area contributed by atoms with Gasteiger partial charge in [-0.05, 0) is 65.3 Å². The largest absolute Gasteiger partial charge is 0.349 e. The molecular formula is C27H25N3O4S. The van der Waals surface area contributed by atoms with E-state index in [2.05, 4.69) is 10.6 Å². The van der Waals surface area contributed by atoms with Crippen LogP contribution in [-0.4, -0.2) is 29.0 Å². The minimum absolute atomic E-state index is 0.0538. The van der Waals surface area contributed by atoms with Crippen molar-refractivity contribution in [3.05, 3.63) is 99.3 Å². The highest BCUT2D eigenvalue weighted by Gasteiger charge is 2.25. The van der Waals surface area contributed by atoms with Crippen molar-refractivity contribution >= 4 is 46.8 Å². The smallest absolute Gasteiger partial charge is 0.274 e. The Hall–Kier alpha value is -4.01. The molecule has 1 saturated carbocycles. The number of hydrogen-bond acceptors (Lipinski definition) is 5. The zero-order chi connectivity index (χ0) is 24.6. The van der Waals surface area contributed by atoms with Gasteiger partial charge in [-0.15, -0.1) is 11.3 Å². The summed E-state index contributed by atoms with van der Waals surface area (Å²) in [5.41, 5.74) is 5.14. The van der Waals surface area contributed by atoms with E-state index in [0.29, 0.717) is 17.7 Å². The third-order valence-electron chi connectivity index (χ3n) is 5.40. The van der Waals surface area contributed by atoms with Gasteiger partial charge < -0.3 is 10.6 Å². The van der Waals surface area contributed by atoms with E-state index in [1.54, 1.807) is 35.8 Å². The lowest BCUT2D eigenvalue weighted by Gasteiger charge is -2.07. The lowest BCUT2D eigenvalue weighted by molar-refractivity contribution is -0.117. The number of carbonyl (C=O) groups is 3. The van der Waals surface area contributed by atoms with E-state index in [4.69, 9.17) is 5.21 Å². The van der Waals surface area contributed by atoms with Gasteiger partial charge in [-0.1, -0.05) is 42.5 Å². The lowest BCUT2D eigenvalue weighted by atomic mass is 10.1. The van der Waals surface area contributed by atoms with Crippen LogP contribution >= 0.6 is 11.3 Å². The molecule has 1 heterocycles. The molecule has 8 heteroatoms. The first kappa shape index (κ1) is 24.1. The Morgan fingerprint density at radius 2 is 1.69 bits per heavy atom. The second-order valence-corrected chi connectivity index (χ2v) is 9.09. The van der Waals surface area contributed by atoms with Crippen LogP contribution in [0.25, 0.3) is 17.7 Å². The number of thiophene rings is 1. The minimum Gasteiger partial charge on any atom is -0.349 e. The number of hydrogen-bond donors (Lipinski definition) is 4. The van der Waals surface area contributed by atoms with Gasteiger partial charge in [-0.3, -0.25) is 19.6 Å². The van der Waals surface area contributed by atoms with Crippen molar-refractivity contribution in [2.75, 3.05) is 0 Å². The molecule has 4 N–H and O–H groups in total. The van der Waals surface area contributed by atoms with Crippen LogP contribution < -0.4 is 16.1 Å². The molecule has 178 valence electrons. The van der Waals surface area contributed by atoms with E-state index in [1.807, 2.05) is 47.9 Å². The average molecular weight is 488 g/mol. The molecule has 2 aromatic carbocycles. The van der Waals surface area contributed by atoms with Crippen LogP contribution in [0.5, 0.6) is 0 Å². The van der Waals surface area contributed by atoms with Crippen LogP contribution in [0.2, 0.25) is 0 Å². The van der Waals surface area contributed by atoms with Crippen LogP contribution in [0, 0.1) is 0 Å². The van der Waals surface area contributed by atoms with Gasteiger partial charge in [0.05, 0.1) is 5.57 Å². The molecule has 35 heavy (non-hydrogen) atoms. The minimum atomic E-state index is -0.589. The first-order valence-electron chi connectivity index (χ1n) is 11.2. The summed E-state index contributed by atoms with van der Waals surface area (Å²) < 4.78 is 0. The molecule has 4 rings (SSSR count). The van der Waals surface area contributed by atoms with Crippen LogP contribution in [0.4, 0.5) is 0 Å². The second-order valence-electron chi connectivity index (χ2n) is 8.14. The van der Waals surface area contributed by atoms with Gasteiger partial charge in [0, 0.05) is 29.1 Å². The maximum absolute atomic E-state index is 12.7. The summed E-state index contributed by atoms with van der Waals surface area (Å²) in [4.78, 5) is 37.2. The number of rotatable bonds is 9. The first-order valence-corrected chi connectivity index (χ1v) is 12.1. The van der Waals surface area contributed by atoms with Gasteiger partial charge in [0.15, 0.2) is 0 Å². The van der Waals surface area contributed by atoms with Crippen molar-refractivity contribution in [2.24, 2.45) is 0 Å². The van der Waals surface area contributed by atoms with Gasteiger partial charge in [-0.25, -0.2) is 5.48 Å². The highest BCUT2D eigenvalue weighted by Crippen LogP contribution is 2.26. The maximum atomic E-state index is 12.7. The van der Waals surface area contributed by atoms with Crippen LogP contribution in [0.1, 0.15) is 44.8 Å². The first-order chi connectivity index (χ1) is 17.0. The maximum Gasteiger partial charge on any atom is 0.274 e. The average Bonchev–Trinajstić information content (AvgIpc) is 3.53. The van der Waals surface area contributed by atoms with Crippen molar-refractivity contribution < 1.29 is 19.6 Å². The van der Waals surface area contributed by atoms with E-state index in [0.717, 1.165) is 34.4 Å². The van der Waals surface area contributed by atoms with Gasteiger partial charge in [0.2, 0.25) is 5.91 Å². The zero-order valence-corrected chi connectivity index (χ0v) is 19.7. The summed E-state index contributed by atoms with van der Waals surface area (Å²) in [6, 6.07) is 18.3. The molecule has 3 aromatic rings. The molecule has 0 saturated heterocycles. The summed E-state index contributed by atoms with van der Waals surface area (Å²) in [6.07, 6.45) is 7.14. The molecule has 0 radical (unpaired) electrons. The lowest BCUT2D eigenvalue weighted by Crippen LogP contribution is -2.26. The molecule has 1 aliphatic carbocycles. The number of hydroxylamine groups is 1. The van der Waals surface area contributed by atoms with E-state index in [-0.39, 0.29) is 17.9 Å². The van der Waals surface area contributed by atoms with Gasteiger partial charge >= 0.3 is 0 Å². The van der Waals surface area contributed by atoms with Gasteiger partial charge in [-0.2, -0.15) is 0 Å². The third kappa shape index (κ3) is 6.99. The number of nitrogens with one attached hydrogen (secondary N) is 3. The molecule has 0 bridgehead atoms. The Bertz CT molecular complexity index is 1240. The fourth-order valence-electron chi connectivity index (χ4n) is 3.30. The molecule has 1 fully saturated rings. The van der Waals surface area contributed by atoms with Crippen LogP contribution in [-0.2, 0) is 16.1 Å². The van der Waals surface area contributed by atoms with E-state index in [1.165, 1.54) is 17.4 Å². The normalized spacial score (nSPS) is 13.5. The molecular weight excluding hydrogens is 462 g/mol. The van der Waals surface area contributed by atoms with E-state index < -0.39 is 5.91 Å². The summed E-state index contributed by atoms with van der Waals surface area (Å²) in [7, 11) is 0. The Morgan fingerprint density at radius 3 is 2.31 bits per heavy atom. The van der Waals surface area contributed by atoms with Crippen molar-refractivity contribution in [3.63, 3.8) is 0 Å². The van der Waals surface area contributed by atoms with Gasteiger partial charge in [0.25, 0.3) is 11.8 Å². The van der Waals surface area contributed by atoms with E-state index in [9.17, 15) is 14.4 Å². The third-order valence-corrected chi connectivity index (χ3v) is 6.31. The summed E-state index contributed by atoms with van der Waals surface area (Å²) in [5.74, 6) is -0.890. The molecule has 0 unspecified atom stereocenters. The zero-order valence-electron chi connectivity index (χ0n) is 18.9. The standard InChI is InChI=1S/C27H25N3O4S/c31-25(28-17-20-7-10-21(11-8-20)26(32)30-34)14-9-18-3-5-19(6-4-18)16-23(24-2-1-15-35-24)27(33)29-22-12-13-22/h1-11,14-16,22,34H,12-13,17H2,(H,28,31)(H,29,33)(H,30,32)/b14-9+,23-16+. The molecule has 7 nitrogen and oxygen atoms in total. The topological polar surface area (TPSA) is 108 Å². The highest BCUT2D eigenvalue weighted by molar-refractivity contribution is 7.11. The second kappa shape index (κ2) is 11.4. The summed E-state index contributed by atoms with van der Waals surface area (Å²) in [5, 5.41) is 16.5. The fraction of sp³-hybridized carbons (Fsp3) is 0.148. The van der Waals surface area contributed by atoms with E-state index >= 15 is 0 Å². The number of amides is 3. The molecule has 3 amide bonds. The molecule has 1 aromatic heterocycles.